The molecule has 2 N–H and O–H groups in total. The van der Waals surface area contributed by atoms with Crippen molar-refractivity contribution in [3.63, 3.8) is 0 Å². The standard InChI is InChI=1S/C13H24O5/c1-6-18-12(17)13(11(15)16,7-8(2)3)9(4)10(5)14/h8-10,14H,6-7H2,1-5H3,(H,15,16). The van der Waals surface area contributed by atoms with Crippen LogP contribution in [0, 0.1) is 17.3 Å². The first-order chi connectivity index (χ1) is 8.20. The average molecular weight is 260 g/mol. The Morgan fingerprint density at radius 2 is 1.72 bits per heavy atom. The Balaban J connectivity index is 5.56. The second-order valence-corrected chi connectivity index (χ2v) is 5.12. The molecule has 106 valence electrons. The van der Waals surface area contributed by atoms with Crippen molar-refractivity contribution in [1.29, 1.82) is 0 Å². The summed E-state index contributed by atoms with van der Waals surface area (Å²) in [6, 6.07) is 0. The fourth-order valence-electron chi connectivity index (χ4n) is 2.14. The molecule has 0 bridgehead atoms. The molecule has 0 amide bonds. The van der Waals surface area contributed by atoms with Crippen LogP contribution >= 0.6 is 0 Å². The van der Waals surface area contributed by atoms with E-state index >= 15 is 0 Å². The molecule has 0 aromatic heterocycles. The van der Waals surface area contributed by atoms with E-state index in [1.807, 2.05) is 13.8 Å². The molecule has 0 aliphatic carbocycles. The molecule has 0 rings (SSSR count). The molecule has 0 saturated carbocycles. The number of aliphatic hydroxyl groups is 1. The Hall–Kier alpha value is -1.10. The highest BCUT2D eigenvalue weighted by Gasteiger charge is 2.53. The Kier molecular flexibility index (Phi) is 6.32. The van der Waals surface area contributed by atoms with Crippen LogP contribution in [0.15, 0.2) is 0 Å². The number of carbonyl (C=O) groups is 2. The molecule has 18 heavy (non-hydrogen) atoms. The summed E-state index contributed by atoms with van der Waals surface area (Å²) in [7, 11) is 0. The van der Waals surface area contributed by atoms with E-state index in [1.165, 1.54) is 6.92 Å². The van der Waals surface area contributed by atoms with Gasteiger partial charge in [0.15, 0.2) is 5.41 Å². The van der Waals surface area contributed by atoms with Crippen LogP contribution in [0.3, 0.4) is 0 Å². The molecule has 0 radical (unpaired) electrons. The number of ether oxygens (including phenoxy) is 1. The molecule has 0 heterocycles. The van der Waals surface area contributed by atoms with Crippen molar-refractivity contribution >= 4 is 11.9 Å². The van der Waals surface area contributed by atoms with Gasteiger partial charge in [-0.1, -0.05) is 20.8 Å². The number of carbonyl (C=O) groups excluding carboxylic acids is 1. The molecule has 3 unspecified atom stereocenters. The lowest BCUT2D eigenvalue weighted by Crippen LogP contribution is -2.50. The molecule has 0 saturated heterocycles. The van der Waals surface area contributed by atoms with Gasteiger partial charge in [-0.05, 0) is 26.2 Å². The molecule has 0 spiro atoms. The number of aliphatic hydroxyl groups excluding tert-OH is 1. The van der Waals surface area contributed by atoms with Gasteiger partial charge in [0.2, 0.25) is 0 Å². The predicted molar refractivity (Wildman–Crippen MR) is 67.0 cm³/mol. The third-order valence-corrected chi connectivity index (χ3v) is 3.25. The molecule has 0 aromatic carbocycles. The van der Waals surface area contributed by atoms with Gasteiger partial charge in [-0.3, -0.25) is 9.59 Å². The SMILES string of the molecule is CCOC(=O)C(CC(C)C)(C(=O)O)C(C)C(C)O. The van der Waals surface area contributed by atoms with Crippen LogP contribution in [0.5, 0.6) is 0 Å². The summed E-state index contributed by atoms with van der Waals surface area (Å²) in [6.07, 6.45) is -0.753. The van der Waals surface area contributed by atoms with Gasteiger partial charge >= 0.3 is 11.9 Å². The second kappa shape index (κ2) is 6.73. The summed E-state index contributed by atoms with van der Waals surface area (Å²) in [6.45, 7) is 8.49. The van der Waals surface area contributed by atoms with E-state index in [4.69, 9.17) is 4.74 Å². The highest BCUT2D eigenvalue weighted by atomic mass is 16.5. The lowest BCUT2D eigenvalue weighted by atomic mass is 9.69. The maximum Gasteiger partial charge on any atom is 0.323 e. The highest BCUT2D eigenvalue weighted by Crippen LogP contribution is 2.38. The largest absolute Gasteiger partial charge is 0.480 e. The minimum atomic E-state index is -1.68. The Labute approximate surface area is 108 Å². The smallest absolute Gasteiger partial charge is 0.323 e. The average Bonchev–Trinajstić information content (AvgIpc) is 2.24. The van der Waals surface area contributed by atoms with Gasteiger partial charge < -0.3 is 14.9 Å². The lowest BCUT2D eigenvalue weighted by molar-refractivity contribution is -0.178. The van der Waals surface area contributed by atoms with Gasteiger partial charge in [0.25, 0.3) is 0 Å². The number of aliphatic carboxylic acids is 1. The van der Waals surface area contributed by atoms with Gasteiger partial charge in [0, 0.05) is 5.92 Å². The normalized spacial score (nSPS) is 17.9. The summed E-state index contributed by atoms with van der Waals surface area (Å²) in [5.41, 5.74) is -1.68. The van der Waals surface area contributed by atoms with Crippen LogP contribution in [0.4, 0.5) is 0 Å². The van der Waals surface area contributed by atoms with Gasteiger partial charge in [-0.2, -0.15) is 0 Å². The first-order valence-electron chi connectivity index (χ1n) is 6.28. The molecule has 0 aliphatic rings. The Morgan fingerprint density at radius 1 is 1.22 bits per heavy atom. The minimum Gasteiger partial charge on any atom is -0.480 e. The summed E-state index contributed by atoms with van der Waals surface area (Å²) < 4.78 is 4.91. The number of hydrogen-bond acceptors (Lipinski definition) is 4. The van der Waals surface area contributed by atoms with Crippen LogP contribution in [0.1, 0.15) is 41.0 Å². The van der Waals surface area contributed by atoms with Gasteiger partial charge in [-0.25, -0.2) is 0 Å². The van der Waals surface area contributed by atoms with E-state index in [2.05, 4.69) is 0 Å². The van der Waals surface area contributed by atoms with Crippen molar-refractivity contribution in [3.05, 3.63) is 0 Å². The van der Waals surface area contributed by atoms with Gasteiger partial charge in [-0.15, -0.1) is 0 Å². The highest BCUT2D eigenvalue weighted by molar-refractivity contribution is 5.99. The molecule has 3 atom stereocenters. The molecule has 0 aliphatic heterocycles. The number of esters is 1. The van der Waals surface area contributed by atoms with Gasteiger partial charge in [0.05, 0.1) is 12.7 Å². The third kappa shape index (κ3) is 3.45. The van der Waals surface area contributed by atoms with Crippen molar-refractivity contribution in [3.8, 4) is 0 Å². The van der Waals surface area contributed by atoms with E-state index in [0.29, 0.717) is 0 Å². The summed E-state index contributed by atoms with van der Waals surface area (Å²) >= 11 is 0. The van der Waals surface area contributed by atoms with E-state index in [9.17, 15) is 19.8 Å². The maximum atomic E-state index is 12.1. The number of carboxylic acids is 1. The first-order valence-corrected chi connectivity index (χ1v) is 6.28. The van der Waals surface area contributed by atoms with E-state index in [0.717, 1.165) is 0 Å². The summed E-state index contributed by atoms with van der Waals surface area (Å²) in [5, 5.41) is 19.1. The fourth-order valence-corrected chi connectivity index (χ4v) is 2.14. The van der Waals surface area contributed by atoms with Crippen molar-refractivity contribution in [2.24, 2.45) is 17.3 Å². The number of rotatable bonds is 7. The van der Waals surface area contributed by atoms with Crippen molar-refractivity contribution in [2.75, 3.05) is 6.61 Å². The third-order valence-electron chi connectivity index (χ3n) is 3.25. The molecular weight excluding hydrogens is 236 g/mol. The van der Waals surface area contributed by atoms with E-state index in [-0.39, 0.29) is 18.9 Å². The van der Waals surface area contributed by atoms with Crippen molar-refractivity contribution in [1.82, 2.24) is 0 Å². The molecule has 5 nitrogen and oxygen atoms in total. The predicted octanol–water partition coefficient (Wildman–Crippen LogP) is 1.68. The van der Waals surface area contributed by atoms with E-state index < -0.39 is 29.4 Å². The van der Waals surface area contributed by atoms with Crippen molar-refractivity contribution in [2.45, 2.75) is 47.1 Å². The molecule has 5 heteroatoms. The summed E-state index contributed by atoms with van der Waals surface area (Å²) in [5.74, 6) is -2.70. The first kappa shape index (κ1) is 16.9. The minimum absolute atomic E-state index is 0.00621. The summed E-state index contributed by atoms with van der Waals surface area (Å²) in [4.78, 5) is 23.7. The molecular formula is C13H24O5. The van der Waals surface area contributed by atoms with Crippen molar-refractivity contribution < 1.29 is 24.5 Å². The Morgan fingerprint density at radius 3 is 2.00 bits per heavy atom. The molecule has 0 fully saturated rings. The monoisotopic (exact) mass is 260 g/mol. The van der Waals surface area contributed by atoms with Gasteiger partial charge in [0.1, 0.15) is 0 Å². The number of carboxylic acid groups (broad SMARTS) is 1. The fraction of sp³-hybridized carbons (Fsp3) is 0.846. The zero-order chi connectivity index (χ0) is 14.5. The topological polar surface area (TPSA) is 83.8 Å². The lowest BCUT2D eigenvalue weighted by Gasteiger charge is -2.35. The zero-order valence-corrected chi connectivity index (χ0v) is 11.8. The van der Waals surface area contributed by atoms with Crippen LogP contribution in [0.25, 0.3) is 0 Å². The van der Waals surface area contributed by atoms with Crippen LogP contribution in [-0.4, -0.2) is 34.9 Å². The van der Waals surface area contributed by atoms with Crippen LogP contribution in [-0.2, 0) is 14.3 Å². The quantitative estimate of drug-likeness (QED) is 0.537. The van der Waals surface area contributed by atoms with E-state index in [1.54, 1.807) is 13.8 Å². The number of hydrogen-bond donors (Lipinski definition) is 2. The maximum absolute atomic E-state index is 12.1. The van der Waals surface area contributed by atoms with Crippen LogP contribution < -0.4 is 0 Å². The van der Waals surface area contributed by atoms with Crippen LogP contribution in [0.2, 0.25) is 0 Å². The Bertz CT molecular complexity index is 298. The zero-order valence-electron chi connectivity index (χ0n) is 11.8. The molecule has 0 aromatic rings. The second-order valence-electron chi connectivity index (χ2n) is 5.12.